The molecule has 0 radical (unpaired) electrons. The molecule has 2 saturated heterocycles. The summed E-state index contributed by atoms with van der Waals surface area (Å²) in [5.74, 6) is 0.551. The summed E-state index contributed by atoms with van der Waals surface area (Å²) in [4.78, 5) is 11.2. The van der Waals surface area contributed by atoms with E-state index in [2.05, 4.69) is 27.0 Å². The van der Waals surface area contributed by atoms with Gasteiger partial charge in [-0.15, -0.1) is 0 Å². The van der Waals surface area contributed by atoms with Crippen molar-refractivity contribution in [3.05, 3.63) is 59.7 Å². The van der Waals surface area contributed by atoms with E-state index in [1.54, 1.807) is 0 Å². The average Bonchev–Trinajstić information content (AvgIpc) is 3.12. The van der Waals surface area contributed by atoms with Gasteiger partial charge in [0.05, 0.1) is 32.1 Å². The Morgan fingerprint density at radius 3 is 3.00 bits per heavy atom. The van der Waals surface area contributed by atoms with Gasteiger partial charge in [0.15, 0.2) is 0 Å². The third-order valence-electron chi connectivity index (χ3n) is 5.33. The summed E-state index contributed by atoms with van der Waals surface area (Å²) in [7, 11) is 0. The maximum atomic E-state index is 6.08. The van der Waals surface area contributed by atoms with E-state index in [1.807, 2.05) is 37.5 Å². The van der Waals surface area contributed by atoms with Crippen molar-refractivity contribution in [1.29, 1.82) is 0 Å². The predicted molar refractivity (Wildman–Crippen MR) is 94.9 cm³/mol. The van der Waals surface area contributed by atoms with E-state index in [0.29, 0.717) is 12.5 Å². The Bertz CT molecular complexity index is 709. The lowest BCUT2D eigenvalue weighted by Crippen LogP contribution is -2.35. The smallest absolute Gasteiger partial charge is 0.0718 e. The van der Waals surface area contributed by atoms with Gasteiger partial charge in [0.2, 0.25) is 0 Å². The Labute approximate surface area is 149 Å². The van der Waals surface area contributed by atoms with Crippen LogP contribution in [0.2, 0.25) is 0 Å². The largest absolute Gasteiger partial charge is 0.380 e. The van der Waals surface area contributed by atoms with Crippen LogP contribution in [-0.4, -0.2) is 47.8 Å². The van der Waals surface area contributed by atoms with Gasteiger partial charge in [0, 0.05) is 49.1 Å². The molecule has 2 fully saturated rings. The van der Waals surface area contributed by atoms with E-state index >= 15 is 0 Å². The van der Waals surface area contributed by atoms with E-state index in [1.165, 1.54) is 5.56 Å². The molecule has 0 bridgehead atoms. The highest BCUT2D eigenvalue weighted by Gasteiger charge is 2.50. The molecule has 0 aromatic carbocycles. The van der Waals surface area contributed by atoms with E-state index < -0.39 is 0 Å². The topological polar surface area (TPSA) is 47.5 Å². The van der Waals surface area contributed by atoms with Crippen molar-refractivity contribution in [3.63, 3.8) is 0 Å². The van der Waals surface area contributed by atoms with Gasteiger partial charge in [-0.3, -0.25) is 14.9 Å². The molecular weight excluding hydrogens is 314 g/mol. The molecule has 2 aromatic heterocycles. The first-order valence-electron chi connectivity index (χ1n) is 8.93. The summed E-state index contributed by atoms with van der Waals surface area (Å²) in [6.07, 6.45) is 3.62. The molecule has 132 valence electrons. The van der Waals surface area contributed by atoms with E-state index in [-0.39, 0.29) is 5.41 Å². The number of pyridine rings is 2. The van der Waals surface area contributed by atoms with Crippen LogP contribution in [0, 0.1) is 18.3 Å². The van der Waals surface area contributed by atoms with E-state index in [4.69, 9.17) is 9.47 Å². The van der Waals surface area contributed by atoms with Crippen LogP contribution < -0.4 is 0 Å². The maximum absolute atomic E-state index is 6.08. The molecule has 5 nitrogen and oxygen atoms in total. The molecule has 0 N–H and O–H groups in total. The number of hydrogen-bond donors (Lipinski definition) is 0. The Morgan fingerprint density at radius 1 is 1.28 bits per heavy atom. The first-order valence-corrected chi connectivity index (χ1v) is 8.93. The fourth-order valence-electron chi connectivity index (χ4n) is 4.04. The van der Waals surface area contributed by atoms with Crippen LogP contribution in [0.1, 0.15) is 17.0 Å². The monoisotopic (exact) mass is 339 g/mol. The van der Waals surface area contributed by atoms with Gasteiger partial charge in [0.25, 0.3) is 0 Å². The van der Waals surface area contributed by atoms with Crippen molar-refractivity contribution in [3.8, 4) is 0 Å². The van der Waals surface area contributed by atoms with Crippen LogP contribution in [0.3, 0.4) is 0 Å². The van der Waals surface area contributed by atoms with Crippen molar-refractivity contribution in [2.45, 2.75) is 20.1 Å². The van der Waals surface area contributed by atoms with Gasteiger partial charge >= 0.3 is 0 Å². The van der Waals surface area contributed by atoms with Gasteiger partial charge < -0.3 is 9.47 Å². The third kappa shape index (κ3) is 3.73. The highest BCUT2D eigenvalue weighted by molar-refractivity contribution is 5.11. The molecule has 0 aliphatic carbocycles. The summed E-state index contributed by atoms with van der Waals surface area (Å²) in [6.45, 7) is 8.06. The zero-order valence-corrected chi connectivity index (χ0v) is 14.7. The molecule has 2 aliphatic heterocycles. The Morgan fingerprint density at radius 2 is 2.16 bits per heavy atom. The van der Waals surface area contributed by atoms with Crippen LogP contribution in [0.5, 0.6) is 0 Å². The van der Waals surface area contributed by atoms with Crippen LogP contribution in [-0.2, 0) is 22.6 Å². The number of aryl methyl sites for hydroxylation is 1. The van der Waals surface area contributed by atoms with E-state index in [0.717, 1.165) is 50.8 Å². The van der Waals surface area contributed by atoms with E-state index in [9.17, 15) is 0 Å². The van der Waals surface area contributed by atoms with Crippen LogP contribution in [0.25, 0.3) is 0 Å². The Kier molecular flexibility index (Phi) is 4.79. The maximum Gasteiger partial charge on any atom is 0.0718 e. The van der Waals surface area contributed by atoms with Crippen LogP contribution in [0.4, 0.5) is 0 Å². The number of nitrogens with zero attached hydrogens (tertiary/aromatic N) is 3. The molecule has 2 aromatic rings. The molecule has 0 saturated carbocycles. The van der Waals surface area contributed by atoms with Gasteiger partial charge in [0.1, 0.15) is 0 Å². The number of fused-ring (bicyclic) bond motifs is 1. The highest BCUT2D eigenvalue weighted by atomic mass is 16.5. The van der Waals surface area contributed by atoms with Crippen molar-refractivity contribution in [2.24, 2.45) is 11.3 Å². The second-order valence-corrected chi connectivity index (χ2v) is 7.36. The minimum Gasteiger partial charge on any atom is -0.380 e. The minimum atomic E-state index is 0.122. The van der Waals surface area contributed by atoms with Gasteiger partial charge in [-0.25, -0.2) is 0 Å². The molecule has 0 amide bonds. The molecular formula is C20H25N3O2. The van der Waals surface area contributed by atoms with Gasteiger partial charge in [-0.2, -0.15) is 0 Å². The lowest BCUT2D eigenvalue weighted by molar-refractivity contribution is 0.0182. The lowest BCUT2D eigenvalue weighted by atomic mass is 9.82. The van der Waals surface area contributed by atoms with Crippen molar-refractivity contribution in [1.82, 2.24) is 14.9 Å². The minimum absolute atomic E-state index is 0.122. The van der Waals surface area contributed by atoms with Crippen molar-refractivity contribution < 1.29 is 9.47 Å². The molecule has 2 aliphatic rings. The summed E-state index contributed by atoms with van der Waals surface area (Å²) < 4.78 is 11.9. The summed E-state index contributed by atoms with van der Waals surface area (Å²) >= 11 is 0. The predicted octanol–water partition coefficient (Wildman–Crippen LogP) is 2.45. The standard InChI is InChI=1S/C20H25N3O2/c1-16-3-2-4-19(22-16)10-23-9-18-12-25-15-20(18,13-23)14-24-11-17-5-7-21-8-6-17/h2-8,18H,9-15H2,1H3/t18-,20-/m1/s1. The van der Waals surface area contributed by atoms with Crippen LogP contribution in [0.15, 0.2) is 42.7 Å². The average molecular weight is 339 g/mol. The quantitative estimate of drug-likeness (QED) is 0.809. The Hall–Kier alpha value is -1.82. The molecule has 4 heterocycles. The first-order chi connectivity index (χ1) is 12.2. The van der Waals surface area contributed by atoms with Crippen molar-refractivity contribution in [2.75, 3.05) is 32.9 Å². The fourth-order valence-corrected chi connectivity index (χ4v) is 4.04. The molecule has 4 rings (SSSR count). The molecule has 0 spiro atoms. The summed E-state index contributed by atoms with van der Waals surface area (Å²) in [5, 5.41) is 0. The van der Waals surface area contributed by atoms with Gasteiger partial charge in [-0.05, 0) is 36.8 Å². The number of hydrogen-bond acceptors (Lipinski definition) is 5. The number of aromatic nitrogens is 2. The van der Waals surface area contributed by atoms with Crippen LogP contribution >= 0.6 is 0 Å². The molecule has 0 unspecified atom stereocenters. The zero-order chi connectivity index (χ0) is 17.1. The second-order valence-electron chi connectivity index (χ2n) is 7.36. The second kappa shape index (κ2) is 7.20. The van der Waals surface area contributed by atoms with Crippen molar-refractivity contribution >= 4 is 0 Å². The molecule has 5 heteroatoms. The fraction of sp³-hybridized carbons (Fsp3) is 0.500. The first kappa shape index (κ1) is 16.6. The lowest BCUT2D eigenvalue weighted by Gasteiger charge is -2.27. The number of likely N-dealkylation sites (tertiary alicyclic amines) is 1. The Balaban J connectivity index is 1.37. The molecule has 25 heavy (non-hydrogen) atoms. The molecule has 2 atom stereocenters. The highest BCUT2D eigenvalue weighted by Crippen LogP contribution is 2.42. The van der Waals surface area contributed by atoms with Gasteiger partial charge in [-0.1, -0.05) is 6.07 Å². The third-order valence-corrected chi connectivity index (χ3v) is 5.33. The number of rotatable bonds is 6. The zero-order valence-electron chi connectivity index (χ0n) is 14.7. The SMILES string of the molecule is Cc1cccc(CN2C[C@@H]3COC[C@]3(COCc3ccncc3)C2)n1. The summed E-state index contributed by atoms with van der Waals surface area (Å²) in [5.41, 5.74) is 3.52. The number of ether oxygens (including phenoxy) is 2. The summed E-state index contributed by atoms with van der Waals surface area (Å²) in [6, 6.07) is 10.3. The normalized spacial score (nSPS) is 26.0.